The maximum Gasteiger partial charge on any atom is 0.508 e. The minimum atomic E-state index is -3.60. The SMILES string of the molecule is C=CCN(C/C=C\COC(=O)OCC)S(=O)(=O)c1ccccc1. The molecular formula is C16H21NO5S. The van der Waals surface area contributed by atoms with E-state index in [2.05, 4.69) is 11.3 Å². The van der Waals surface area contributed by atoms with Crippen LogP contribution in [0, 0.1) is 0 Å². The Kier molecular flexibility index (Phi) is 8.07. The number of ether oxygens (including phenoxy) is 2. The predicted octanol–water partition coefficient (Wildman–Crippen LogP) is 2.59. The van der Waals surface area contributed by atoms with Crippen molar-refractivity contribution in [3.8, 4) is 0 Å². The van der Waals surface area contributed by atoms with E-state index in [0.717, 1.165) is 0 Å². The van der Waals surface area contributed by atoms with Crippen LogP contribution in [0.1, 0.15) is 6.92 Å². The summed E-state index contributed by atoms with van der Waals surface area (Å²) < 4.78 is 35.7. The fraction of sp³-hybridized carbons (Fsp3) is 0.312. The quantitative estimate of drug-likeness (QED) is 0.511. The fourth-order valence-electron chi connectivity index (χ4n) is 1.69. The standard InChI is InChI=1S/C16H21NO5S/c1-3-12-17(13-8-9-14-22-16(18)21-4-2)23(19,20)15-10-6-5-7-11-15/h3,5-11H,1,4,12-14H2,2H3/b9-8-. The minimum absolute atomic E-state index is 0.0200. The van der Waals surface area contributed by atoms with Gasteiger partial charge in [-0.2, -0.15) is 4.31 Å². The molecule has 23 heavy (non-hydrogen) atoms. The molecule has 0 atom stereocenters. The average Bonchev–Trinajstić information content (AvgIpc) is 2.54. The Balaban J connectivity index is 2.65. The topological polar surface area (TPSA) is 72.9 Å². The van der Waals surface area contributed by atoms with E-state index in [1.54, 1.807) is 49.4 Å². The lowest BCUT2D eigenvalue weighted by Crippen LogP contribution is -2.31. The molecular weight excluding hydrogens is 318 g/mol. The Morgan fingerprint density at radius 2 is 1.87 bits per heavy atom. The lowest BCUT2D eigenvalue weighted by molar-refractivity contribution is 0.0673. The monoisotopic (exact) mass is 339 g/mol. The molecule has 6 nitrogen and oxygen atoms in total. The maximum absolute atomic E-state index is 12.5. The highest BCUT2D eigenvalue weighted by molar-refractivity contribution is 7.89. The molecule has 0 N–H and O–H groups in total. The summed E-state index contributed by atoms with van der Waals surface area (Å²) in [5.74, 6) is 0. The van der Waals surface area contributed by atoms with Gasteiger partial charge in [-0.3, -0.25) is 0 Å². The van der Waals surface area contributed by atoms with Crippen molar-refractivity contribution in [3.05, 3.63) is 55.1 Å². The molecule has 0 saturated carbocycles. The van der Waals surface area contributed by atoms with Crippen LogP contribution >= 0.6 is 0 Å². The van der Waals surface area contributed by atoms with Crippen LogP contribution in [-0.4, -0.2) is 45.2 Å². The van der Waals surface area contributed by atoms with Crippen molar-refractivity contribution in [3.63, 3.8) is 0 Å². The van der Waals surface area contributed by atoms with E-state index in [0.29, 0.717) is 0 Å². The highest BCUT2D eigenvalue weighted by Gasteiger charge is 2.21. The van der Waals surface area contributed by atoms with Gasteiger partial charge in [0.15, 0.2) is 0 Å². The number of rotatable bonds is 9. The third-order valence-electron chi connectivity index (χ3n) is 2.75. The van der Waals surface area contributed by atoms with Crippen LogP contribution in [0.25, 0.3) is 0 Å². The molecule has 0 aliphatic carbocycles. The molecule has 1 aromatic rings. The third-order valence-corrected chi connectivity index (χ3v) is 4.59. The van der Waals surface area contributed by atoms with Crippen LogP contribution in [0.15, 0.2) is 60.0 Å². The number of carbonyl (C=O) groups excluding carboxylic acids is 1. The van der Waals surface area contributed by atoms with Gasteiger partial charge in [0.2, 0.25) is 10.0 Å². The molecule has 7 heteroatoms. The molecule has 0 fully saturated rings. The highest BCUT2D eigenvalue weighted by Crippen LogP contribution is 2.14. The van der Waals surface area contributed by atoms with Gasteiger partial charge in [-0.05, 0) is 25.1 Å². The Morgan fingerprint density at radius 3 is 2.48 bits per heavy atom. The molecule has 0 aromatic heterocycles. The van der Waals surface area contributed by atoms with Crippen molar-refractivity contribution in [2.45, 2.75) is 11.8 Å². The van der Waals surface area contributed by atoms with E-state index in [9.17, 15) is 13.2 Å². The second kappa shape index (κ2) is 9.81. The molecule has 1 rings (SSSR count). The number of sulfonamides is 1. The summed E-state index contributed by atoms with van der Waals surface area (Å²) in [4.78, 5) is 11.2. The molecule has 0 aliphatic rings. The van der Waals surface area contributed by atoms with Gasteiger partial charge < -0.3 is 9.47 Å². The van der Waals surface area contributed by atoms with E-state index >= 15 is 0 Å². The van der Waals surface area contributed by atoms with Gasteiger partial charge in [0, 0.05) is 13.1 Å². The zero-order chi connectivity index (χ0) is 17.1. The predicted molar refractivity (Wildman–Crippen MR) is 87.5 cm³/mol. The van der Waals surface area contributed by atoms with Crippen molar-refractivity contribution < 1.29 is 22.7 Å². The molecule has 0 radical (unpaired) electrons. The molecule has 126 valence electrons. The zero-order valence-corrected chi connectivity index (χ0v) is 13.9. The molecule has 1 aromatic carbocycles. The number of carbonyl (C=O) groups is 1. The van der Waals surface area contributed by atoms with Crippen LogP contribution in [0.4, 0.5) is 4.79 Å². The number of hydrogen-bond acceptors (Lipinski definition) is 5. The summed E-state index contributed by atoms with van der Waals surface area (Å²) in [5, 5.41) is 0. The van der Waals surface area contributed by atoms with E-state index in [-0.39, 0.29) is 31.2 Å². The van der Waals surface area contributed by atoms with Gasteiger partial charge in [0.25, 0.3) is 0 Å². The first-order chi connectivity index (χ1) is 11.0. The van der Waals surface area contributed by atoms with Crippen LogP contribution in [0.3, 0.4) is 0 Å². The van der Waals surface area contributed by atoms with Crippen molar-refractivity contribution in [1.82, 2.24) is 4.31 Å². The summed E-state index contributed by atoms with van der Waals surface area (Å²) in [6.45, 7) is 5.85. The summed E-state index contributed by atoms with van der Waals surface area (Å²) in [6, 6.07) is 8.17. The Bertz CT molecular complexity index is 625. The number of benzene rings is 1. The molecule has 0 spiro atoms. The van der Waals surface area contributed by atoms with E-state index in [1.165, 1.54) is 10.4 Å². The first-order valence-electron chi connectivity index (χ1n) is 7.13. The second-order valence-corrected chi connectivity index (χ2v) is 6.33. The molecule has 0 aliphatic heterocycles. The first-order valence-corrected chi connectivity index (χ1v) is 8.57. The van der Waals surface area contributed by atoms with Gasteiger partial charge in [-0.15, -0.1) is 6.58 Å². The average molecular weight is 339 g/mol. The highest BCUT2D eigenvalue weighted by atomic mass is 32.2. The molecule has 0 heterocycles. The lowest BCUT2D eigenvalue weighted by atomic mass is 10.4. The number of nitrogens with zero attached hydrogens (tertiary/aromatic N) is 1. The molecule has 0 bridgehead atoms. The fourth-order valence-corrected chi connectivity index (χ4v) is 3.08. The first kappa shape index (κ1) is 18.9. The van der Waals surface area contributed by atoms with Gasteiger partial charge in [0.1, 0.15) is 6.61 Å². The van der Waals surface area contributed by atoms with E-state index in [4.69, 9.17) is 4.74 Å². The minimum Gasteiger partial charge on any atom is -0.435 e. The number of hydrogen-bond donors (Lipinski definition) is 0. The molecule has 0 saturated heterocycles. The summed E-state index contributed by atoms with van der Waals surface area (Å²) >= 11 is 0. The normalized spacial score (nSPS) is 11.6. The van der Waals surface area contributed by atoms with E-state index < -0.39 is 16.2 Å². The molecule has 0 amide bonds. The van der Waals surface area contributed by atoms with E-state index in [1.807, 2.05) is 0 Å². The van der Waals surface area contributed by atoms with Crippen molar-refractivity contribution >= 4 is 16.2 Å². The van der Waals surface area contributed by atoms with Gasteiger partial charge in [0.05, 0.1) is 11.5 Å². The van der Waals surface area contributed by atoms with Crippen molar-refractivity contribution in [2.75, 3.05) is 26.3 Å². The van der Waals surface area contributed by atoms with Crippen LogP contribution < -0.4 is 0 Å². The second-order valence-electron chi connectivity index (χ2n) is 4.39. The summed E-state index contributed by atoms with van der Waals surface area (Å²) in [5.41, 5.74) is 0. The molecule has 0 unspecified atom stereocenters. The largest absolute Gasteiger partial charge is 0.508 e. The van der Waals surface area contributed by atoms with Crippen molar-refractivity contribution in [2.24, 2.45) is 0 Å². The Morgan fingerprint density at radius 1 is 1.17 bits per heavy atom. The van der Waals surface area contributed by atoms with Crippen LogP contribution in [0.2, 0.25) is 0 Å². The lowest BCUT2D eigenvalue weighted by Gasteiger charge is -2.19. The smallest absolute Gasteiger partial charge is 0.435 e. The van der Waals surface area contributed by atoms with Gasteiger partial charge in [-0.1, -0.05) is 30.4 Å². The van der Waals surface area contributed by atoms with Gasteiger partial charge >= 0.3 is 6.16 Å². The van der Waals surface area contributed by atoms with Crippen LogP contribution in [0.5, 0.6) is 0 Å². The maximum atomic E-state index is 12.5. The van der Waals surface area contributed by atoms with Gasteiger partial charge in [-0.25, -0.2) is 13.2 Å². The summed E-state index contributed by atoms with van der Waals surface area (Å²) in [6.07, 6.45) is 3.94. The third kappa shape index (κ3) is 6.25. The Labute approximate surface area is 137 Å². The summed E-state index contributed by atoms with van der Waals surface area (Å²) in [7, 11) is -3.60. The Hall–Kier alpha value is -2.12. The zero-order valence-electron chi connectivity index (χ0n) is 13.1. The van der Waals surface area contributed by atoms with Crippen LogP contribution in [-0.2, 0) is 19.5 Å². The van der Waals surface area contributed by atoms with Crippen molar-refractivity contribution in [1.29, 1.82) is 0 Å².